The predicted octanol–water partition coefficient (Wildman–Crippen LogP) is 23.2. The summed E-state index contributed by atoms with van der Waals surface area (Å²) in [6.07, 6.45) is 122. The average Bonchev–Trinajstić information content (AvgIpc) is 1.14. The first-order chi connectivity index (χ1) is 48.6. The summed E-state index contributed by atoms with van der Waals surface area (Å²) in [4.78, 5) is 37.6. The van der Waals surface area contributed by atoms with Gasteiger partial charge in [0.05, 0.1) is 40.3 Å². The van der Waals surface area contributed by atoms with Gasteiger partial charge in [-0.25, -0.2) is 0 Å². The lowest BCUT2D eigenvalue weighted by atomic mass is 10.1. The first-order valence-corrected chi connectivity index (χ1v) is 37.8. The molecule has 9 heteroatoms. The van der Waals surface area contributed by atoms with Crippen molar-refractivity contribution >= 4 is 17.9 Å². The molecule has 0 saturated carbocycles. The van der Waals surface area contributed by atoms with Crippen LogP contribution in [0.3, 0.4) is 0 Å². The largest absolute Gasteiger partial charge is 0.545 e. The number of esters is 2. The maximum absolute atomic E-state index is 13.0. The molecule has 0 rings (SSSR count). The van der Waals surface area contributed by atoms with E-state index in [-0.39, 0.29) is 32.7 Å². The van der Waals surface area contributed by atoms with Crippen molar-refractivity contribution < 1.29 is 42.9 Å². The summed E-state index contributed by atoms with van der Waals surface area (Å²) in [5.74, 6) is -2.38. The molecular formula is C90H135NO8. The Bertz CT molecular complexity index is 2590. The van der Waals surface area contributed by atoms with Crippen molar-refractivity contribution in [2.75, 3.05) is 47.5 Å². The second kappa shape index (κ2) is 76.6. The molecule has 0 bridgehead atoms. The van der Waals surface area contributed by atoms with Crippen LogP contribution in [0.15, 0.2) is 255 Å². The average molecular weight is 1360 g/mol. The molecule has 0 aliphatic carbocycles. The van der Waals surface area contributed by atoms with Gasteiger partial charge in [-0.2, -0.15) is 0 Å². The normalized spacial score (nSPS) is 14.2. The highest BCUT2D eigenvalue weighted by Gasteiger charge is 2.22. The van der Waals surface area contributed by atoms with E-state index in [2.05, 4.69) is 269 Å². The Hall–Kier alpha value is -7.17. The smallest absolute Gasteiger partial charge is 0.306 e. The monoisotopic (exact) mass is 1360 g/mol. The molecule has 0 radical (unpaired) electrons. The fourth-order valence-corrected chi connectivity index (χ4v) is 9.10. The zero-order chi connectivity index (χ0) is 71.8. The number of hydrogen-bond acceptors (Lipinski definition) is 8. The number of carboxylic acid groups (broad SMARTS) is 1. The van der Waals surface area contributed by atoms with Gasteiger partial charge in [0.25, 0.3) is 0 Å². The first-order valence-electron chi connectivity index (χ1n) is 37.8. The van der Waals surface area contributed by atoms with E-state index in [9.17, 15) is 19.5 Å². The quantitative estimate of drug-likeness (QED) is 0.0195. The molecule has 0 aromatic carbocycles. The minimum absolute atomic E-state index is 0.124. The number of hydrogen-bond donors (Lipinski definition) is 0. The van der Waals surface area contributed by atoms with Gasteiger partial charge in [0.1, 0.15) is 13.2 Å². The number of carbonyl (C=O) groups excluding carboxylic acids is 3. The third-order valence-corrected chi connectivity index (χ3v) is 14.8. The number of aliphatic carboxylic acids is 1. The Morgan fingerprint density at radius 1 is 0.303 bits per heavy atom. The van der Waals surface area contributed by atoms with Gasteiger partial charge in [-0.3, -0.25) is 9.59 Å². The highest BCUT2D eigenvalue weighted by molar-refractivity contribution is 5.70. The fourth-order valence-electron chi connectivity index (χ4n) is 9.10. The number of rotatable bonds is 66. The van der Waals surface area contributed by atoms with Gasteiger partial charge in [0.2, 0.25) is 0 Å². The van der Waals surface area contributed by atoms with Crippen LogP contribution >= 0.6 is 0 Å². The Balaban J connectivity index is 4.30. The Morgan fingerprint density at radius 3 is 0.808 bits per heavy atom. The van der Waals surface area contributed by atoms with Crippen LogP contribution in [0.25, 0.3) is 0 Å². The van der Waals surface area contributed by atoms with Crippen molar-refractivity contribution in [3.05, 3.63) is 255 Å². The van der Waals surface area contributed by atoms with Crippen LogP contribution in [0.2, 0.25) is 0 Å². The minimum atomic E-state index is -1.65. The van der Waals surface area contributed by atoms with Crippen LogP contribution in [-0.4, -0.2) is 82.3 Å². The number of carboxylic acids is 1. The SMILES string of the molecule is CC/C=C\C/C=C\C/C=C\C/C=C\C/C=C\C/C=C\C/C=C\C/C=C\C/C=C\C/C=C\C/C=C\CCCCCCCC(=O)OC(COC(=O)CCCCCC/C=C\C/C=C\C/C=C\C/C=C\C/C=C\C/C=C\C/C=C\C/C=C\C/C=C\C/C=C\CC)COC(OCC[N+](C)(C)C)C(=O)[O-]. The number of allylic oxidation sites excluding steroid dienone is 42. The van der Waals surface area contributed by atoms with E-state index < -0.39 is 30.3 Å². The molecule has 0 aromatic heterocycles. The van der Waals surface area contributed by atoms with Crippen molar-refractivity contribution in [3.8, 4) is 0 Å². The Morgan fingerprint density at radius 2 is 0.545 bits per heavy atom. The van der Waals surface area contributed by atoms with Crippen LogP contribution in [0.1, 0.15) is 232 Å². The van der Waals surface area contributed by atoms with Crippen molar-refractivity contribution in [1.82, 2.24) is 0 Å². The van der Waals surface area contributed by atoms with Gasteiger partial charge in [0.15, 0.2) is 12.4 Å². The van der Waals surface area contributed by atoms with Crippen LogP contribution in [-0.2, 0) is 33.3 Å². The van der Waals surface area contributed by atoms with Crippen LogP contribution in [0, 0.1) is 0 Å². The highest BCUT2D eigenvalue weighted by Crippen LogP contribution is 2.13. The van der Waals surface area contributed by atoms with Gasteiger partial charge in [-0.15, -0.1) is 0 Å². The lowest BCUT2D eigenvalue weighted by Gasteiger charge is -2.26. The third-order valence-electron chi connectivity index (χ3n) is 14.8. The zero-order valence-corrected chi connectivity index (χ0v) is 62.5. The van der Waals surface area contributed by atoms with Crippen molar-refractivity contribution in [2.45, 2.75) is 245 Å². The minimum Gasteiger partial charge on any atom is -0.545 e. The first kappa shape index (κ1) is 91.8. The number of likely N-dealkylation sites (N-methyl/N-ethyl adjacent to an activating group) is 1. The van der Waals surface area contributed by atoms with Crippen LogP contribution in [0.4, 0.5) is 0 Å². The Kier molecular flexibility index (Phi) is 71.0. The van der Waals surface area contributed by atoms with Crippen LogP contribution in [0.5, 0.6) is 0 Å². The van der Waals surface area contributed by atoms with Crippen molar-refractivity contribution in [2.24, 2.45) is 0 Å². The summed E-state index contributed by atoms with van der Waals surface area (Å²) in [5, 5.41) is 11.8. The van der Waals surface area contributed by atoms with E-state index in [0.29, 0.717) is 23.9 Å². The second-order valence-electron chi connectivity index (χ2n) is 25.1. The number of quaternary nitrogens is 1. The molecule has 99 heavy (non-hydrogen) atoms. The van der Waals surface area contributed by atoms with Gasteiger partial charge in [-0.1, -0.05) is 301 Å². The molecule has 0 aliphatic rings. The molecule has 0 N–H and O–H groups in total. The maximum Gasteiger partial charge on any atom is 0.306 e. The zero-order valence-electron chi connectivity index (χ0n) is 62.5. The molecule has 0 aromatic rings. The molecule has 0 spiro atoms. The van der Waals surface area contributed by atoms with Crippen LogP contribution < -0.4 is 5.11 Å². The fraction of sp³-hybridized carbons (Fsp3) is 0.500. The van der Waals surface area contributed by atoms with E-state index in [1.165, 1.54) is 0 Å². The van der Waals surface area contributed by atoms with Crippen molar-refractivity contribution in [3.63, 3.8) is 0 Å². The number of ether oxygens (including phenoxy) is 4. The van der Waals surface area contributed by atoms with E-state index in [0.717, 1.165) is 193 Å². The molecule has 548 valence electrons. The van der Waals surface area contributed by atoms with Gasteiger partial charge in [-0.05, 0) is 173 Å². The molecule has 0 aliphatic heterocycles. The Labute approximate surface area is 604 Å². The molecule has 0 saturated heterocycles. The van der Waals surface area contributed by atoms with E-state index in [1.807, 2.05) is 21.1 Å². The second-order valence-corrected chi connectivity index (χ2v) is 25.1. The number of nitrogens with zero attached hydrogens (tertiary/aromatic N) is 1. The molecule has 9 nitrogen and oxygen atoms in total. The lowest BCUT2D eigenvalue weighted by molar-refractivity contribution is -0.870. The standard InChI is InChI=1S/C90H135NO8/c1-6-8-10-12-14-16-18-20-22-24-26-28-30-32-34-36-38-40-42-43-44-45-47-49-51-53-55-57-59-61-63-65-67-69-71-73-75-77-79-81-88(93)99-86(85-98-90(89(94)95)96-83-82-91(3,4)5)84-97-87(92)80-78-76-74-72-70-68-66-64-62-60-58-56-54-52-50-48-46-41-39-37-35-33-31-29-27-25-23-21-19-17-15-13-11-9-7-2/h8-11,14-17,20-23,26-29,32-35,38-41,43-44,47-50,53-56,59-62,65-68,86,90H,6-7,12-13,18-19,24-25,30-31,36-37,42,45-46,51-52,57-58,63-64,69-85H2,1-5H3/b10-8-,11-9-,16-14-,17-15-,22-20-,23-21-,28-26-,29-27-,34-32-,35-33-,40-38-,41-39-,44-43-,49-47-,50-48-,55-53-,56-54-,61-59-,62-60-,67-65-,68-66-. The lowest BCUT2D eigenvalue weighted by Crippen LogP contribution is -2.44. The van der Waals surface area contributed by atoms with Gasteiger partial charge < -0.3 is 33.3 Å². The molecule has 0 amide bonds. The molecule has 0 heterocycles. The molecular weight excluding hydrogens is 1220 g/mol. The van der Waals surface area contributed by atoms with Gasteiger partial charge in [0, 0.05) is 12.8 Å². The summed E-state index contributed by atoms with van der Waals surface area (Å²) < 4.78 is 22.7. The molecule has 2 unspecified atom stereocenters. The van der Waals surface area contributed by atoms with E-state index >= 15 is 0 Å². The van der Waals surface area contributed by atoms with Crippen molar-refractivity contribution in [1.29, 1.82) is 0 Å². The predicted molar refractivity (Wildman–Crippen MR) is 425 cm³/mol. The molecule has 0 fully saturated rings. The number of carbonyl (C=O) groups is 3. The van der Waals surface area contributed by atoms with Gasteiger partial charge >= 0.3 is 11.9 Å². The van der Waals surface area contributed by atoms with E-state index in [1.54, 1.807) is 0 Å². The summed E-state index contributed by atoms with van der Waals surface area (Å²) >= 11 is 0. The maximum atomic E-state index is 13.0. The highest BCUT2D eigenvalue weighted by atomic mass is 16.7. The summed E-state index contributed by atoms with van der Waals surface area (Å²) in [7, 11) is 5.89. The summed E-state index contributed by atoms with van der Waals surface area (Å²) in [6.45, 7) is 4.42. The summed E-state index contributed by atoms with van der Waals surface area (Å²) in [6, 6.07) is 0. The molecule has 2 atom stereocenters. The van der Waals surface area contributed by atoms with E-state index in [4.69, 9.17) is 18.9 Å². The third kappa shape index (κ3) is 78.0. The number of unbranched alkanes of at least 4 members (excludes halogenated alkanes) is 9. The summed E-state index contributed by atoms with van der Waals surface area (Å²) in [5.41, 5.74) is 0. The topological polar surface area (TPSA) is 111 Å².